The molecule has 2 aromatic heterocycles. The molecular weight excluding hydrogens is 444 g/mol. The molecule has 3 aromatic rings. The summed E-state index contributed by atoms with van der Waals surface area (Å²) in [7, 11) is 2.72. The van der Waals surface area contributed by atoms with Crippen molar-refractivity contribution in [2.75, 3.05) is 14.2 Å². The number of methoxy groups -OCH3 is 2. The molecule has 0 spiro atoms. The summed E-state index contributed by atoms with van der Waals surface area (Å²) in [4.78, 5) is 17.4. The molecule has 0 aliphatic carbocycles. The van der Waals surface area contributed by atoms with Crippen molar-refractivity contribution in [2.45, 2.75) is 26.1 Å². The van der Waals surface area contributed by atoms with Crippen LogP contribution < -0.4 is 15.0 Å². The zero-order valence-corrected chi connectivity index (χ0v) is 17.7. The van der Waals surface area contributed by atoms with Crippen molar-refractivity contribution >= 4 is 34.1 Å². The second kappa shape index (κ2) is 8.35. The van der Waals surface area contributed by atoms with Gasteiger partial charge in [0.15, 0.2) is 0 Å². The highest BCUT2D eigenvalue weighted by Gasteiger charge is 2.31. The quantitative estimate of drug-likeness (QED) is 0.503. The molecule has 3 rings (SSSR count). The van der Waals surface area contributed by atoms with Crippen molar-refractivity contribution in [1.82, 2.24) is 9.55 Å². The van der Waals surface area contributed by atoms with E-state index in [-0.39, 0.29) is 38.2 Å². The maximum Gasteiger partial charge on any atom is 0.406 e. The Morgan fingerprint density at radius 3 is 2.17 bits per heavy atom. The molecule has 0 saturated carbocycles. The Balaban J connectivity index is 2.44. The van der Waals surface area contributed by atoms with Gasteiger partial charge in [-0.25, -0.2) is 0 Å². The van der Waals surface area contributed by atoms with Gasteiger partial charge >= 0.3 is 6.18 Å². The van der Waals surface area contributed by atoms with Crippen LogP contribution in [0, 0.1) is 0 Å². The van der Waals surface area contributed by atoms with Gasteiger partial charge in [-0.05, 0) is 18.6 Å². The summed E-state index contributed by atoms with van der Waals surface area (Å²) in [5, 5.41) is 0.299. The van der Waals surface area contributed by atoms with Crippen molar-refractivity contribution in [3.05, 3.63) is 50.5 Å². The Labute approximate surface area is 180 Å². The van der Waals surface area contributed by atoms with Crippen molar-refractivity contribution in [3.63, 3.8) is 0 Å². The molecule has 2 heterocycles. The highest BCUT2D eigenvalue weighted by atomic mass is 35.5. The summed E-state index contributed by atoms with van der Waals surface area (Å²) in [6.45, 7) is 0.344. The van der Waals surface area contributed by atoms with E-state index >= 15 is 0 Å². The van der Waals surface area contributed by atoms with E-state index < -0.39 is 18.3 Å². The molecule has 0 unspecified atom stereocenters. The van der Waals surface area contributed by atoms with E-state index in [9.17, 15) is 18.0 Å². The number of hydrogen-bond acceptors (Lipinski definition) is 4. The highest BCUT2D eigenvalue weighted by Crippen LogP contribution is 2.45. The monoisotopic (exact) mass is 460 g/mol. The molecule has 0 saturated heterocycles. The lowest BCUT2D eigenvalue weighted by atomic mass is 10.0. The van der Waals surface area contributed by atoms with Gasteiger partial charge in [0, 0.05) is 28.9 Å². The van der Waals surface area contributed by atoms with Gasteiger partial charge in [0.25, 0.3) is 5.56 Å². The second-order valence-corrected chi connectivity index (χ2v) is 7.19. The van der Waals surface area contributed by atoms with Gasteiger partial charge in [-0.15, -0.1) is 0 Å². The molecule has 0 aliphatic heterocycles. The maximum absolute atomic E-state index is 13.3. The van der Waals surface area contributed by atoms with E-state index in [0.29, 0.717) is 22.1 Å². The van der Waals surface area contributed by atoms with Crippen molar-refractivity contribution in [3.8, 4) is 22.6 Å². The lowest BCUT2D eigenvalue weighted by Gasteiger charge is -2.18. The van der Waals surface area contributed by atoms with E-state index in [0.717, 1.165) is 0 Å². The van der Waals surface area contributed by atoms with E-state index in [2.05, 4.69) is 4.98 Å². The van der Waals surface area contributed by atoms with Gasteiger partial charge < -0.3 is 9.47 Å². The Bertz CT molecular complexity index is 1150. The molecule has 0 amide bonds. The molecular formula is C20H17Cl2F3N2O3. The summed E-state index contributed by atoms with van der Waals surface area (Å²) in [5.74, 6) is 0.323. The van der Waals surface area contributed by atoms with E-state index in [1.54, 1.807) is 0 Å². The van der Waals surface area contributed by atoms with Gasteiger partial charge in [0.1, 0.15) is 18.0 Å². The lowest BCUT2D eigenvalue weighted by molar-refractivity contribution is -0.140. The van der Waals surface area contributed by atoms with Crippen molar-refractivity contribution < 1.29 is 22.6 Å². The predicted molar refractivity (Wildman–Crippen MR) is 110 cm³/mol. The van der Waals surface area contributed by atoms with Crippen molar-refractivity contribution in [2.24, 2.45) is 0 Å². The van der Waals surface area contributed by atoms with Gasteiger partial charge in [-0.3, -0.25) is 14.3 Å². The fraction of sp³-hybridized carbons (Fsp3) is 0.300. The van der Waals surface area contributed by atoms with Crippen LogP contribution in [0.5, 0.6) is 11.5 Å². The van der Waals surface area contributed by atoms with Crippen LogP contribution in [0.15, 0.2) is 29.2 Å². The molecule has 0 atom stereocenters. The first-order valence-electron chi connectivity index (χ1n) is 8.80. The Kier molecular flexibility index (Phi) is 6.19. The van der Waals surface area contributed by atoms with Crippen LogP contribution >= 0.6 is 23.2 Å². The van der Waals surface area contributed by atoms with Gasteiger partial charge in [0.2, 0.25) is 0 Å². The molecule has 0 radical (unpaired) electrons. The number of rotatable bonds is 5. The first-order valence-corrected chi connectivity index (χ1v) is 9.56. The Morgan fingerprint density at radius 1 is 1.07 bits per heavy atom. The standard InChI is InChI=1S/C20H17Cl2F3N2O3/c1-4-11-6-13-10(8-26-11)5-12(19(28)27(13)9-20(23,24)25)16-17(21)14(29-2)7-15(30-3)18(16)22/h5-8H,4,9H2,1-3H3. The fourth-order valence-corrected chi connectivity index (χ4v) is 3.85. The number of fused-ring (bicyclic) bond motifs is 1. The maximum atomic E-state index is 13.3. The largest absolute Gasteiger partial charge is 0.495 e. The van der Waals surface area contributed by atoms with Crippen LogP contribution in [0.1, 0.15) is 12.6 Å². The summed E-state index contributed by atoms with van der Waals surface area (Å²) >= 11 is 12.8. The predicted octanol–water partition coefficient (Wildman–Crippen LogP) is 5.51. The van der Waals surface area contributed by atoms with Crippen LogP contribution in [0.25, 0.3) is 22.0 Å². The smallest absolute Gasteiger partial charge is 0.406 e. The third-order valence-corrected chi connectivity index (χ3v) is 5.33. The molecule has 0 fully saturated rings. The zero-order chi connectivity index (χ0) is 22.2. The number of aryl methyl sites for hydroxylation is 1. The molecule has 5 nitrogen and oxygen atoms in total. The first kappa shape index (κ1) is 22.2. The van der Waals surface area contributed by atoms with Crippen LogP contribution in [0.3, 0.4) is 0 Å². The van der Waals surface area contributed by atoms with Crippen LogP contribution in [0.2, 0.25) is 10.0 Å². The topological polar surface area (TPSA) is 53.4 Å². The normalized spacial score (nSPS) is 11.7. The number of pyridine rings is 2. The third-order valence-electron chi connectivity index (χ3n) is 4.58. The minimum Gasteiger partial charge on any atom is -0.495 e. The summed E-state index contributed by atoms with van der Waals surface area (Å²) < 4.78 is 50.9. The molecule has 160 valence electrons. The molecule has 0 aliphatic rings. The van der Waals surface area contributed by atoms with Gasteiger partial charge in [0.05, 0.1) is 35.3 Å². The average molecular weight is 461 g/mol. The van der Waals surface area contributed by atoms with Crippen LogP contribution in [0.4, 0.5) is 13.2 Å². The second-order valence-electron chi connectivity index (χ2n) is 6.44. The molecule has 0 N–H and O–H groups in total. The Morgan fingerprint density at radius 2 is 1.67 bits per heavy atom. The number of aromatic nitrogens is 2. The molecule has 30 heavy (non-hydrogen) atoms. The van der Waals surface area contributed by atoms with E-state index in [4.69, 9.17) is 32.7 Å². The minimum atomic E-state index is -4.62. The SMILES string of the molecule is CCc1cc2c(cn1)cc(-c1c(Cl)c(OC)cc(OC)c1Cl)c(=O)n2CC(F)(F)F. The lowest BCUT2D eigenvalue weighted by Crippen LogP contribution is -2.29. The van der Waals surface area contributed by atoms with Crippen molar-refractivity contribution in [1.29, 1.82) is 0 Å². The number of ether oxygens (including phenoxy) is 2. The molecule has 0 bridgehead atoms. The minimum absolute atomic E-state index is 0.0172. The number of halogens is 5. The summed E-state index contributed by atoms with van der Waals surface area (Å²) in [6.07, 6.45) is -2.70. The first-order chi connectivity index (χ1) is 14.1. The number of alkyl halides is 3. The van der Waals surface area contributed by atoms with Crippen LogP contribution in [-0.4, -0.2) is 29.9 Å². The van der Waals surface area contributed by atoms with E-state index in [1.807, 2.05) is 6.92 Å². The van der Waals surface area contributed by atoms with E-state index in [1.165, 1.54) is 38.6 Å². The average Bonchev–Trinajstić information content (AvgIpc) is 2.70. The third kappa shape index (κ3) is 4.06. The number of nitrogens with zero attached hydrogens (tertiary/aromatic N) is 2. The molecule has 1 aromatic carbocycles. The Hall–Kier alpha value is -2.45. The summed E-state index contributed by atoms with van der Waals surface area (Å²) in [5.41, 5.74) is -0.311. The number of benzene rings is 1. The highest BCUT2D eigenvalue weighted by molar-refractivity contribution is 6.41. The molecule has 10 heteroatoms. The zero-order valence-electron chi connectivity index (χ0n) is 16.2. The fourth-order valence-electron chi connectivity index (χ4n) is 3.14. The summed E-state index contributed by atoms with van der Waals surface area (Å²) in [6, 6.07) is 4.32. The van der Waals surface area contributed by atoms with Gasteiger partial charge in [-0.1, -0.05) is 30.1 Å². The van der Waals surface area contributed by atoms with Crippen LogP contribution in [-0.2, 0) is 13.0 Å². The number of hydrogen-bond donors (Lipinski definition) is 0. The van der Waals surface area contributed by atoms with Gasteiger partial charge in [-0.2, -0.15) is 13.2 Å².